The van der Waals surface area contributed by atoms with Crippen molar-refractivity contribution in [3.05, 3.63) is 121 Å². The lowest BCUT2D eigenvalue weighted by Crippen LogP contribution is -3.00. The highest BCUT2D eigenvalue weighted by molar-refractivity contribution is 7.95. The Morgan fingerprint density at radius 2 is 1.09 bits per heavy atom. The highest BCUT2D eigenvalue weighted by Crippen LogP contribution is 2.55. The van der Waals surface area contributed by atoms with E-state index in [1.165, 1.54) is 15.9 Å². The van der Waals surface area contributed by atoms with E-state index in [-0.39, 0.29) is 17.0 Å². The molecule has 0 unspecified atom stereocenters. The number of unbranched alkanes of at least 4 members (excludes halogenated alkanes) is 1. The summed E-state index contributed by atoms with van der Waals surface area (Å²) in [5.41, 5.74) is 1.03. The monoisotopic (exact) mass is 514 g/mol. The van der Waals surface area contributed by atoms with Gasteiger partial charge in [-0.05, 0) is 67.1 Å². The quantitative estimate of drug-likeness (QED) is 0.209. The summed E-state index contributed by atoms with van der Waals surface area (Å²) < 4.78 is 5.23. The van der Waals surface area contributed by atoms with Crippen molar-refractivity contribution in [2.24, 2.45) is 0 Å². The molecule has 0 N–H and O–H groups in total. The molecule has 0 atom stereocenters. The van der Waals surface area contributed by atoms with Crippen LogP contribution in [0, 0.1) is 11.8 Å². The number of hydrogen-bond acceptors (Lipinski definition) is 1. The molecule has 0 saturated heterocycles. The zero-order valence-corrected chi connectivity index (χ0v) is 21.3. The van der Waals surface area contributed by atoms with Crippen molar-refractivity contribution in [1.82, 2.24) is 0 Å². The van der Waals surface area contributed by atoms with E-state index in [1.54, 1.807) is 7.11 Å². The maximum Gasteiger partial charge on any atom is 0.118 e. The van der Waals surface area contributed by atoms with E-state index in [0.29, 0.717) is 0 Å². The first-order valence-corrected chi connectivity index (χ1v) is 13.0. The van der Waals surface area contributed by atoms with Crippen LogP contribution in [0.1, 0.15) is 18.4 Å². The Labute approximate surface area is 209 Å². The Morgan fingerprint density at radius 3 is 1.52 bits per heavy atom. The van der Waals surface area contributed by atoms with Crippen LogP contribution in [0.4, 0.5) is 0 Å². The van der Waals surface area contributed by atoms with E-state index in [0.717, 1.165) is 30.3 Å². The third-order valence-electron chi connectivity index (χ3n) is 5.71. The van der Waals surface area contributed by atoms with Gasteiger partial charge >= 0.3 is 0 Å². The van der Waals surface area contributed by atoms with Gasteiger partial charge in [0, 0.05) is 12.0 Å². The lowest BCUT2D eigenvalue weighted by molar-refractivity contribution is -0.00000653. The minimum Gasteiger partial charge on any atom is -1.00 e. The van der Waals surface area contributed by atoms with Crippen molar-refractivity contribution >= 4 is 23.2 Å². The highest BCUT2D eigenvalue weighted by atomic mass is 79.9. The van der Waals surface area contributed by atoms with Crippen LogP contribution < -0.4 is 37.6 Å². The normalized spacial score (nSPS) is 10.5. The molecule has 4 aromatic carbocycles. The van der Waals surface area contributed by atoms with Crippen molar-refractivity contribution in [3.8, 4) is 17.6 Å². The summed E-state index contributed by atoms with van der Waals surface area (Å²) >= 11 is 0. The number of hydrogen-bond donors (Lipinski definition) is 0. The molecule has 0 aliphatic heterocycles. The molecule has 4 rings (SSSR count). The van der Waals surface area contributed by atoms with Gasteiger partial charge in [-0.1, -0.05) is 66.4 Å². The molecule has 33 heavy (non-hydrogen) atoms. The summed E-state index contributed by atoms with van der Waals surface area (Å²) in [6.45, 7) is 0. The maximum atomic E-state index is 5.23. The van der Waals surface area contributed by atoms with E-state index in [2.05, 4.69) is 103 Å². The summed E-state index contributed by atoms with van der Waals surface area (Å²) in [5, 5.41) is 4.29. The number of methoxy groups -OCH3 is 1. The van der Waals surface area contributed by atoms with Gasteiger partial charge in [-0.25, -0.2) is 0 Å². The fourth-order valence-corrected chi connectivity index (χ4v) is 8.47. The molecule has 0 spiro atoms. The Balaban J connectivity index is 0.00000306. The van der Waals surface area contributed by atoms with Crippen LogP contribution in [0.5, 0.6) is 5.75 Å². The average Bonchev–Trinajstić information content (AvgIpc) is 2.88. The predicted octanol–water partition coefficient (Wildman–Crippen LogP) is 2.83. The SMILES string of the molecule is COc1ccc(C#CCCC[P+](c2ccccc2)(c2ccccc2)c2ccccc2)cc1.[Br-]. The van der Waals surface area contributed by atoms with E-state index >= 15 is 0 Å². The lowest BCUT2D eigenvalue weighted by Gasteiger charge is -2.27. The minimum absolute atomic E-state index is 0. The molecule has 0 aromatic heterocycles. The van der Waals surface area contributed by atoms with Crippen molar-refractivity contribution in [2.75, 3.05) is 13.3 Å². The van der Waals surface area contributed by atoms with Gasteiger partial charge in [0.15, 0.2) is 0 Å². The van der Waals surface area contributed by atoms with Gasteiger partial charge in [0.2, 0.25) is 0 Å². The second-order valence-electron chi connectivity index (χ2n) is 7.67. The average molecular weight is 515 g/mol. The van der Waals surface area contributed by atoms with Gasteiger partial charge in [-0.2, -0.15) is 0 Å². The van der Waals surface area contributed by atoms with Gasteiger partial charge in [0.25, 0.3) is 0 Å². The van der Waals surface area contributed by atoms with Crippen molar-refractivity contribution in [2.45, 2.75) is 12.8 Å². The van der Waals surface area contributed by atoms with E-state index in [4.69, 9.17) is 4.74 Å². The van der Waals surface area contributed by atoms with Crippen molar-refractivity contribution in [1.29, 1.82) is 0 Å². The summed E-state index contributed by atoms with van der Waals surface area (Å²) in [7, 11) is -0.0776. The van der Waals surface area contributed by atoms with Crippen LogP contribution in [-0.4, -0.2) is 13.3 Å². The smallest absolute Gasteiger partial charge is 0.118 e. The molecule has 3 heteroatoms. The van der Waals surface area contributed by atoms with Gasteiger partial charge in [-0.15, -0.1) is 0 Å². The molecule has 0 amide bonds. The van der Waals surface area contributed by atoms with Gasteiger partial charge in [-0.3, -0.25) is 0 Å². The predicted molar refractivity (Wildman–Crippen MR) is 139 cm³/mol. The van der Waals surface area contributed by atoms with Crippen LogP contribution >= 0.6 is 7.26 Å². The second kappa shape index (κ2) is 12.4. The van der Waals surface area contributed by atoms with Gasteiger partial charge < -0.3 is 21.7 Å². The summed E-state index contributed by atoms with van der Waals surface area (Å²) in [5.74, 6) is 7.56. The number of rotatable bonds is 7. The molecular weight excluding hydrogens is 487 g/mol. The van der Waals surface area contributed by atoms with Crippen molar-refractivity contribution < 1.29 is 21.7 Å². The van der Waals surface area contributed by atoms with Crippen LogP contribution in [0.25, 0.3) is 0 Å². The molecule has 0 bridgehead atoms. The van der Waals surface area contributed by atoms with E-state index in [1.807, 2.05) is 24.3 Å². The highest BCUT2D eigenvalue weighted by Gasteiger charge is 2.44. The maximum absolute atomic E-state index is 5.23. The standard InChI is InChI=1S/C30H28OP.BrH/c1-31-27-23-21-26(22-24-27)14-6-5-13-25-32(28-15-7-2-8-16-28,29-17-9-3-10-18-29)30-19-11-4-12-20-30;/h2-4,7-12,15-24H,5,13,25H2,1H3;1H/q+1;/p-1. The third kappa shape index (κ3) is 5.94. The molecule has 0 heterocycles. The zero-order chi connectivity index (χ0) is 22.1. The Kier molecular flexibility index (Phi) is 9.32. The first-order valence-electron chi connectivity index (χ1n) is 11.0. The minimum atomic E-state index is -1.76. The lowest BCUT2D eigenvalue weighted by atomic mass is 10.2. The van der Waals surface area contributed by atoms with Crippen LogP contribution in [-0.2, 0) is 0 Å². The van der Waals surface area contributed by atoms with E-state index in [9.17, 15) is 0 Å². The molecule has 166 valence electrons. The molecule has 0 aliphatic rings. The Bertz CT molecular complexity index is 1070. The van der Waals surface area contributed by atoms with Gasteiger partial charge in [0.05, 0.1) is 13.3 Å². The Morgan fingerprint density at radius 1 is 0.636 bits per heavy atom. The molecular formula is C30H28BrOP. The summed E-state index contributed by atoms with van der Waals surface area (Å²) in [4.78, 5) is 0. The summed E-state index contributed by atoms with van der Waals surface area (Å²) in [6.07, 6.45) is 3.03. The van der Waals surface area contributed by atoms with Crippen LogP contribution in [0.3, 0.4) is 0 Å². The first kappa shape index (κ1) is 24.8. The zero-order valence-electron chi connectivity index (χ0n) is 18.8. The molecule has 0 aliphatic carbocycles. The topological polar surface area (TPSA) is 9.23 Å². The largest absolute Gasteiger partial charge is 1.00 e. The van der Waals surface area contributed by atoms with Gasteiger partial charge in [0.1, 0.15) is 28.9 Å². The molecule has 0 fully saturated rings. The molecule has 4 aromatic rings. The fraction of sp³-hybridized carbons (Fsp3) is 0.133. The molecule has 1 nitrogen and oxygen atoms in total. The summed E-state index contributed by atoms with van der Waals surface area (Å²) in [6, 6.07) is 41.1. The van der Waals surface area contributed by atoms with Crippen LogP contribution in [0.15, 0.2) is 115 Å². The number of halogens is 1. The molecule has 0 saturated carbocycles. The van der Waals surface area contributed by atoms with E-state index < -0.39 is 7.26 Å². The van der Waals surface area contributed by atoms with Crippen molar-refractivity contribution in [3.63, 3.8) is 0 Å². The number of ether oxygens (including phenoxy) is 1. The first-order chi connectivity index (χ1) is 15.8. The molecule has 0 radical (unpaired) electrons. The fourth-order valence-electron chi connectivity index (χ4n) is 4.13. The second-order valence-corrected chi connectivity index (χ2v) is 11.3. The van der Waals surface area contributed by atoms with Crippen LogP contribution in [0.2, 0.25) is 0 Å². The third-order valence-corrected chi connectivity index (χ3v) is 10.2. The number of benzene rings is 4. The Hall–Kier alpha value is -2.85.